The predicted molar refractivity (Wildman–Crippen MR) is 75.8 cm³/mol. The van der Waals surface area contributed by atoms with Crippen molar-refractivity contribution in [2.24, 2.45) is 11.7 Å². The number of nitrogens with zero attached hydrogens (tertiary/aromatic N) is 1. The van der Waals surface area contributed by atoms with E-state index >= 15 is 0 Å². The second kappa shape index (κ2) is 5.98. The third-order valence-electron chi connectivity index (χ3n) is 3.83. The minimum Gasteiger partial charge on any atom is -0.330 e. The Balaban J connectivity index is 1.96. The van der Waals surface area contributed by atoms with Gasteiger partial charge in [-0.3, -0.25) is 4.90 Å². The first-order valence-electron chi connectivity index (χ1n) is 6.35. The van der Waals surface area contributed by atoms with Crippen molar-refractivity contribution >= 4 is 15.9 Å². The fraction of sp³-hybridized carbons (Fsp3) is 0.571. The smallest absolute Gasteiger partial charge is 0.0233 e. The molecule has 1 fully saturated rings. The standard InChI is InChI=1S/C14H21BrN2/c1-17(14-4-2-3-12(14)9-16)10-11-5-7-13(15)8-6-11/h5-8,12,14H,2-4,9-10,16H2,1H3. The first-order chi connectivity index (χ1) is 8.20. The number of hydrogen-bond acceptors (Lipinski definition) is 2. The Kier molecular flexibility index (Phi) is 4.60. The van der Waals surface area contributed by atoms with Gasteiger partial charge in [0, 0.05) is 17.1 Å². The van der Waals surface area contributed by atoms with Crippen LogP contribution in [0.2, 0.25) is 0 Å². The lowest BCUT2D eigenvalue weighted by Crippen LogP contribution is -2.37. The Labute approximate surface area is 112 Å². The third kappa shape index (κ3) is 3.30. The summed E-state index contributed by atoms with van der Waals surface area (Å²) in [6, 6.07) is 9.26. The van der Waals surface area contributed by atoms with Crippen molar-refractivity contribution in [3.63, 3.8) is 0 Å². The Hall–Kier alpha value is -0.380. The summed E-state index contributed by atoms with van der Waals surface area (Å²) in [5.74, 6) is 0.690. The van der Waals surface area contributed by atoms with E-state index in [0.717, 1.165) is 17.6 Å². The van der Waals surface area contributed by atoms with Gasteiger partial charge in [-0.05, 0) is 50.0 Å². The Morgan fingerprint density at radius 1 is 1.29 bits per heavy atom. The molecular weight excluding hydrogens is 276 g/mol. The van der Waals surface area contributed by atoms with E-state index in [1.165, 1.54) is 24.8 Å². The molecular formula is C14H21BrN2. The van der Waals surface area contributed by atoms with E-state index in [1.54, 1.807) is 0 Å². The average molecular weight is 297 g/mol. The van der Waals surface area contributed by atoms with Gasteiger partial charge in [-0.15, -0.1) is 0 Å². The van der Waals surface area contributed by atoms with Crippen LogP contribution in [0.15, 0.2) is 28.7 Å². The summed E-state index contributed by atoms with van der Waals surface area (Å²) in [6.45, 7) is 1.85. The SMILES string of the molecule is CN(Cc1ccc(Br)cc1)C1CCCC1CN. The average Bonchev–Trinajstić information content (AvgIpc) is 2.80. The van der Waals surface area contributed by atoms with Gasteiger partial charge in [-0.25, -0.2) is 0 Å². The molecule has 0 radical (unpaired) electrons. The molecule has 2 rings (SSSR count). The molecule has 0 aromatic heterocycles. The van der Waals surface area contributed by atoms with E-state index < -0.39 is 0 Å². The molecule has 2 unspecified atom stereocenters. The Bertz CT molecular complexity index is 350. The van der Waals surface area contributed by atoms with Crippen LogP contribution < -0.4 is 5.73 Å². The van der Waals surface area contributed by atoms with Crippen molar-refractivity contribution < 1.29 is 0 Å². The molecule has 1 aliphatic carbocycles. The molecule has 2 atom stereocenters. The highest BCUT2D eigenvalue weighted by atomic mass is 79.9. The fourth-order valence-corrected chi connectivity index (χ4v) is 3.13. The molecule has 0 aliphatic heterocycles. The summed E-state index contributed by atoms with van der Waals surface area (Å²) < 4.78 is 1.14. The van der Waals surface area contributed by atoms with E-state index in [4.69, 9.17) is 5.73 Å². The summed E-state index contributed by atoms with van der Waals surface area (Å²) in [6.07, 6.45) is 3.93. The Morgan fingerprint density at radius 2 is 2.00 bits per heavy atom. The molecule has 17 heavy (non-hydrogen) atoms. The zero-order valence-electron chi connectivity index (χ0n) is 10.4. The van der Waals surface area contributed by atoms with Gasteiger partial charge in [0.15, 0.2) is 0 Å². The molecule has 0 saturated heterocycles. The lowest BCUT2D eigenvalue weighted by atomic mass is 10.0. The number of halogens is 1. The summed E-state index contributed by atoms with van der Waals surface area (Å²) in [7, 11) is 2.22. The maximum atomic E-state index is 5.84. The van der Waals surface area contributed by atoms with Gasteiger partial charge >= 0.3 is 0 Å². The van der Waals surface area contributed by atoms with Crippen LogP contribution in [0, 0.1) is 5.92 Å². The van der Waals surface area contributed by atoms with Crippen LogP contribution in [0.3, 0.4) is 0 Å². The van der Waals surface area contributed by atoms with Gasteiger partial charge in [-0.2, -0.15) is 0 Å². The van der Waals surface area contributed by atoms with Gasteiger partial charge < -0.3 is 5.73 Å². The van der Waals surface area contributed by atoms with Crippen LogP contribution in [0.1, 0.15) is 24.8 Å². The second-order valence-electron chi connectivity index (χ2n) is 5.04. The molecule has 94 valence electrons. The van der Waals surface area contributed by atoms with Crippen molar-refractivity contribution in [3.8, 4) is 0 Å². The number of nitrogens with two attached hydrogens (primary N) is 1. The molecule has 2 nitrogen and oxygen atoms in total. The maximum absolute atomic E-state index is 5.84. The fourth-order valence-electron chi connectivity index (χ4n) is 2.87. The number of benzene rings is 1. The summed E-state index contributed by atoms with van der Waals surface area (Å²) in [5.41, 5.74) is 7.22. The summed E-state index contributed by atoms with van der Waals surface area (Å²) >= 11 is 3.47. The third-order valence-corrected chi connectivity index (χ3v) is 4.36. The molecule has 0 spiro atoms. The van der Waals surface area contributed by atoms with Crippen molar-refractivity contribution in [1.82, 2.24) is 4.90 Å². The van der Waals surface area contributed by atoms with E-state index in [0.29, 0.717) is 12.0 Å². The van der Waals surface area contributed by atoms with E-state index in [9.17, 15) is 0 Å². The second-order valence-corrected chi connectivity index (χ2v) is 5.95. The van der Waals surface area contributed by atoms with Crippen LogP contribution in [0.5, 0.6) is 0 Å². The molecule has 0 bridgehead atoms. The maximum Gasteiger partial charge on any atom is 0.0233 e. The molecule has 1 aromatic carbocycles. The highest BCUT2D eigenvalue weighted by molar-refractivity contribution is 9.10. The van der Waals surface area contributed by atoms with E-state index in [-0.39, 0.29) is 0 Å². The molecule has 1 aliphatic rings. The summed E-state index contributed by atoms with van der Waals surface area (Å²) in [5, 5.41) is 0. The van der Waals surface area contributed by atoms with Crippen LogP contribution >= 0.6 is 15.9 Å². The van der Waals surface area contributed by atoms with Gasteiger partial charge in [-0.1, -0.05) is 34.5 Å². The van der Waals surface area contributed by atoms with Crippen LogP contribution in [-0.4, -0.2) is 24.5 Å². The first kappa shape index (κ1) is 13.1. The van der Waals surface area contributed by atoms with Crippen LogP contribution in [0.25, 0.3) is 0 Å². The lowest BCUT2D eigenvalue weighted by Gasteiger charge is -2.29. The van der Waals surface area contributed by atoms with Crippen molar-refractivity contribution in [2.45, 2.75) is 31.8 Å². The minimum atomic E-state index is 0.670. The Morgan fingerprint density at radius 3 is 2.65 bits per heavy atom. The highest BCUT2D eigenvalue weighted by Gasteiger charge is 2.28. The molecule has 3 heteroatoms. The van der Waals surface area contributed by atoms with Gasteiger partial charge in [0.1, 0.15) is 0 Å². The normalized spacial score (nSPS) is 24.5. The minimum absolute atomic E-state index is 0.670. The van der Waals surface area contributed by atoms with Gasteiger partial charge in [0.25, 0.3) is 0 Å². The molecule has 1 aromatic rings. The van der Waals surface area contributed by atoms with Crippen LogP contribution in [-0.2, 0) is 6.54 Å². The van der Waals surface area contributed by atoms with Gasteiger partial charge in [0.2, 0.25) is 0 Å². The van der Waals surface area contributed by atoms with Crippen molar-refractivity contribution in [1.29, 1.82) is 0 Å². The van der Waals surface area contributed by atoms with E-state index in [2.05, 4.69) is 52.1 Å². The predicted octanol–water partition coefficient (Wildman–Crippen LogP) is 3.01. The lowest BCUT2D eigenvalue weighted by molar-refractivity contribution is 0.193. The van der Waals surface area contributed by atoms with E-state index in [1.807, 2.05) is 0 Å². The quantitative estimate of drug-likeness (QED) is 0.925. The largest absolute Gasteiger partial charge is 0.330 e. The molecule has 0 heterocycles. The zero-order chi connectivity index (χ0) is 12.3. The van der Waals surface area contributed by atoms with Crippen LogP contribution in [0.4, 0.5) is 0 Å². The van der Waals surface area contributed by atoms with Crippen molar-refractivity contribution in [2.75, 3.05) is 13.6 Å². The highest BCUT2D eigenvalue weighted by Crippen LogP contribution is 2.29. The zero-order valence-corrected chi connectivity index (χ0v) is 12.0. The number of hydrogen-bond donors (Lipinski definition) is 1. The molecule has 2 N–H and O–H groups in total. The molecule has 0 amide bonds. The topological polar surface area (TPSA) is 29.3 Å². The summed E-state index contributed by atoms with van der Waals surface area (Å²) in [4.78, 5) is 2.47. The first-order valence-corrected chi connectivity index (χ1v) is 7.14. The van der Waals surface area contributed by atoms with Crippen molar-refractivity contribution in [3.05, 3.63) is 34.3 Å². The molecule has 1 saturated carbocycles. The van der Waals surface area contributed by atoms with Gasteiger partial charge in [0.05, 0.1) is 0 Å². The number of rotatable bonds is 4. The monoisotopic (exact) mass is 296 g/mol.